The van der Waals surface area contributed by atoms with Crippen molar-refractivity contribution in [3.05, 3.63) is 45.7 Å². The maximum atomic E-state index is 12.3. The highest BCUT2D eigenvalue weighted by Crippen LogP contribution is 2.24. The topological polar surface area (TPSA) is 64.0 Å². The van der Waals surface area contributed by atoms with Gasteiger partial charge < -0.3 is 5.32 Å². The summed E-state index contributed by atoms with van der Waals surface area (Å²) in [6, 6.07) is 7.18. The standard InChI is InChI=1S/C15H14BrN3O2/c1-9-10(16)4-2-5-11(9)17-15(21)12-8-13-14(20)6-3-7-19(13)18-12/h2,4-5,8H,3,6-7H2,1H3,(H,17,21). The summed E-state index contributed by atoms with van der Waals surface area (Å²) in [6.45, 7) is 2.60. The number of fused-ring (bicyclic) bond motifs is 1. The summed E-state index contributed by atoms with van der Waals surface area (Å²) in [5.74, 6) is -0.252. The van der Waals surface area contributed by atoms with E-state index in [0.717, 1.165) is 22.1 Å². The number of anilines is 1. The molecule has 108 valence electrons. The number of amides is 1. The number of aromatic nitrogens is 2. The molecule has 1 aliphatic heterocycles. The summed E-state index contributed by atoms with van der Waals surface area (Å²) in [5, 5.41) is 7.06. The van der Waals surface area contributed by atoms with E-state index in [4.69, 9.17) is 0 Å². The van der Waals surface area contributed by atoms with Crippen molar-refractivity contribution in [3.8, 4) is 0 Å². The Labute approximate surface area is 130 Å². The van der Waals surface area contributed by atoms with Crippen molar-refractivity contribution in [2.45, 2.75) is 26.3 Å². The number of nitrogens with zero attached hydrogens (tertiary/aromatic N) is 2. The molecule has 0 fully saturated rings. The maximum Gasteiger partial charge on any atom is 0.276 e. The summed E-state index contributed by atoms with van der Waals surface area (Å²) < 4.78 is 2.55. The third-order valence-electron chi connectivity index (χ3n) is 3.59. The van der Waals surface area contributed by atoms with E-state index in [1.165, 1.54) is 0 Å². The second-order valence-electron chi connectivity index (χ2n) is 5.03. The van der Waals surface area contributed by atoms with Crippen molar-refractivity contribution < 1.29 is 9.59 Å². The van der Waals surface area contributed by atoms with E-state index in [0.29, 0.717) is 18.7 Å². The molecular weight excluding hydrogens is 334 g/mol. The van der Waals surface area contributed by atoms with Crippen LogP contribution in [0.4, 0.5) is 5.69 Å². The first-order valence-corrected chi connectivity index (χ1v) is 7.53. The molecule has 0 saturated heterocycles. The zero-order valence-electron chi connectivity index (χ0n) is 11.5. The van der Waals surface area contributed by atoms with Gasteiger partial charge in [0.25, 0.3) is 5.91 Å². The van der Waals surface area contributed by atoms with Gasteiger partial charge in [0.05, 0.1) is 0 Å². The number of carbonyl (C=O) groups excluding carboxylic acids is 2. The molecule has 0 aliphatic carbocycles. The van der Waals surface area contributed by atoms with Crippen LogP contribution < -0.4 is 5.32 Å². The largest absolute Gasteiger partial charge is 0.320 e. The third kappa shape index (κ3) is 2.63. The van der Waals surface area contributed by atoms with Crippen LogP contribution in [0, 0.1) is 6.92 Å². The third-order valence-corrected chi connectivity index (χ3v) is 4.45. The number of ketones is 1. The summed E-state index contributed by atoms with van der Waals surface area (Å²) in [7, 11) is 0. The fourth-order valence-corrected chi connectivity index (χ4v) is 2.74. The number of benzene rings is 1. The van der Waals surface area contributed by atoms with Crippen LogP contribution in [0.5, 0.6) is 0 Å². The Morgan fingerprint density at radius 2 is 2.24 bits per heavy atom. The van der Waals surface area contributed by atoms with E-state index in [9.17, 15) is 9.59 Å². The van der Waals surface area contributed by atoms with Gasteiger partial charge in [-0.3, -0.25) is 14.3 Å². The summed E-state index contributed by atoms with van der Waals surface area (Å²) >= 11 is 3.43. The Hall–Kier alpha value is -1.95. The van der Waals surface area contributed by atoms with Crippen LogP contribution in [0.15, 0.2) is 28.7 Å². The number of nitrogens with one attached hydrogen (secondary N) is 1. The lowest BCUT2D eigenvalue weighted by molar-refractivity contribution is 0.0950. The molecule has 2 heterocycles. The Morgan fingerprint density at radius 3 is 3.00 bits per heavy atom. The highest BCUT2D eigenvalue weighted by molar-refractivity contribution is 9.10. The molecule has 1 aliphatic rings. The van der Waals surface area contributed by atoms with E-state index >= 15 is 0 Å². The van der Waals surface area contributed by atoms with Crippen molar-refractivity contribution >= 4 is 33.3 Å². The number of aryl methyl sites for hydroxylation is 1. The quantitative estimate of drug-likeness (QED) is 0.907. The lowest BCUT2D eigenvalue weighted by atomic mass is 10.1. The molecule has 1 amide bonds. The predicted octanol–water partition coefficient (Wildman–Crippen LogP) is 3.18. The molecule has 21 heavy (non-hydrogen) atoms. The Morgan fingerprint density at radius 1 is 1.43 bits per heavy atom. The van der Waals surface area contributed by atoms with Crippen LogP contribution in [0.25, 0.3) is 0 Å². The van der Waals surface area contributed by atoms with Gasteiger partial charge in [-0.05, 0) is 31.0 Å². The number of halogens is 1. The zero-order valence-corrected chi connectivity index (χ0v) is 13.1. The van der Waals surface area contributed by atoms with Crippen molar-refractivity contribution in [1.29, 1.82) is 0 Å². The normalized spacial score (nSPS) is 13.9. The van der Waals surface area contributed by atoms with Crippen LogP contribution in [0.2, 0.25) is 0 Å². The fourth-order valence-electron chi connectivity index (χ4n) is 2.37. The molecule has 6 heteroatoms. The second-order valence-corrected chi connectivity index (χ2v) is 5.89. The average Bonchev–Trinajstić information content (AvgIpc) is 2.89. The Kier molecular flexibility index (Phi) is 3.63. The van der Waals surface area contributed by atoms with Crippen LogP contribution in [0.3, 0.4) is 0 Å². The van der Waals surface area contributed by atoms with Gasteiger partial charge in [-0.2, -0.15) is 5.10 Å². The van der Waals surface area contributed by atoms with Crippen molar-refractivity contribution in [3.63, 3.8) is 0 Å². The Bertz CT molecular complexity index is 737. The molecule has 0 atom stereocenters. The van der Waals surface area contributed by atoms with E-state index < -0.39 is 0 Å². The van der Waals surface area contributed by atoms with Gasteiger partial charge in [0.15, 0.2) is 11.5 Å². The number of carbonyl (C=O) groups is 2. The molecule has 1 aromatic carbocycles. The minimum Gasteiger partial charge on any atom is -0.320 e. The minimum atomic E-state index is -0.300. The first kappa shape index (κ1) is 14.0. The molecule has 0 spiro atoms. The van der Waals surface area contributed by atoms with Gasteiger partial charge in [-0.15, -0.1) is 0 Å². The maximum absolute atomic E-state index is 12.3. The zero-order chi connectivity index (χ0) is 15.0. The van der Waals surface area contributed by atoms with Crippen molar-refractivity contribution in [1.82, 2.24) is 9.78 Å². The molecule has 5 nitrogen and oxygen atoms in total. The van der Waals surface area contributed by atoms with Crippen molar-refractivity contribution in [2.75, 3.05) is 5.32 Å². The number of hydrogen-bond donors (Lipinski definition) is 1. The summed E-state index contributed by atoms with van der Waals surface area (Å²) in [5.41, 5.74) is 2.48. The second kappa shape index (κ2) is 5.44. The highest BCUT2D eigenvalue weighted by atomic mass is 79.9. The van der Waals surface area contributed by atoms with Crippen LogP contribution in [-0.4, -0.2) is 21.5 Å². The van der Waals surface area contributed by atoms with Gasteiger partial charge in [-0.25, -0.2) is 0 Å². The van der Waals surface area contributed by atoms with E-state index in [1.54, 1.807) is 10.7 Å². The van der Waals surface area contributed by atoms with Gasteiger partial charge in [0, 0.05) is 29.2 Å². The minimum absolute atomic E-state index is 0.0476. The molecule has 0 radical (unpaired) electrons. The van der Waals surface area contributed by atoms with Gasteiger partial charge >= 0.3 is 0 Å². The van der Waals surface area contributed by atoms with E-state index in [2.05, 4.69) is 26.3 Å². The monoisotopic (exact) mass is 347 g/mol. The molecule has 0 bridgehead atoms. The number of rotatable bonds is 2. The highest BCUT2D eigenvalue weighted by Gasteiger charge is 2.22. The lowest BCUT2D eigenvalue weighted by Crippen LogP contribution is -2.17. The number of hydrogen-bond acceptors (Lipinski definition) is 3. The predicted molar refractivity (Wildman–Crippen MR) is 82.6 cm³/mol. The summed E-state index contributed by atoms with van der Waals surface area (Å²) in [6.07, 6.45) is 1.30. The van der Waals surface area contributed by atoms with E-state index in [1.807, 2.05) is 25.1 Å². The molecule has 0 saturated carbocycles. The smallest absolute Gasteiger partial charge is 0.276 e. The van der Waals surface area contributed by atoms with Crippen LogP contribution in [0.1, 0.15) is 39.4 Å². The number of Topliss-reactive ketones (excluding diaryl/α,β-unsaturated/α-hetero) is 1. The van der Waals surface area contributed by atoms with Gasteiger partial charge in [-0.1, -0.05) is 22.0 Å². The van der Waals surface area contributed by atoms with Crippen molar-refractivity contribution in [2.24, 2.45) is 0 Å². The van der Waals surface area contributed by atoms with Crippen LogP contribution >= 0.6 is 15.9 Å². The summed E-state index contributed by atoms with van der Waals surface area (Å²) in [4.78, 5) is 24.1. The van der Waals surface area contributed by atoms with E-state index in [-0.39, 0.29) is 17.4 Å². The van der Waals surface area contributed by atoms with Crippen LogP contribution in [-0.2, 0) is 6.54 Å². The Balaban J connectivity index is 1.86. The van der Waals surface area contributed by atoms with Gasteiger partial charge in [0.1, 0.15) is 5.69 Å². The molecule has 1 N–H and O–H groups in total. The lowest BCUT2D eigenvalue weighted by Gasteiger charge is -2.10. The molecular formula is C15H14BrN3O2. The first-order chi connectivity index (χ1) is 10.1. The molecule has 0 unspecified atom stereocenters. The fraction of sp³-hybridized carbons (Fsp3) is 0.267. The molecule has 1 aromatic heterocycles. The first-order valence-electron chi connectivity index (χ1n) is 6.74. The molecule has 2 aromatic rings. The molecule has 3 rings (SSSR count). The SMILES string of the molecule is Cc1c(Br)cccc1NC(=O)c1cc2n(n1)CCCC2=O. The van der Waals surface area contributed by atoms with Gasteiger partial charge in [0.2, 0.25) is 0 Å². The average molecular weight is 348 g/mol.